The average Bonchev–Trinajstić information content (AvgIpc) is 3.18. The van der Waals surface area contributed by atoms with Crippen LogP contribution in [0.5, 0.6) is 0 Å². The number of carbonyl (C=O) groups is 1. The summed E-state index contributed by atoms with van der Waals surface area (Å²) in [5, 5.41) is 2.82. The molecule has 0 radical (unpaired) electrons. The van der Waals surface area contributed by atoms with Gasteiger partial charge in [0.1, 0.15) is 10.7 Å². The minimum Gasteiger partial charge on any atom is -0.358 e. The van der Waals surface area contributed by atoms with Crippen LogP contribution >= 0.6 is 22.9 Å². The molecule has 142 valence electrons. The van der Waals surface area contributed by atoms with Crippen molar-refractivity contribution in [3.05, 3.63) is 56.4 Å². The molecule has 1 aliphatic rings. The first kappa shape index (κ1) is 17.6. The average molecular weight is 411 g/mol. The molecule has 0 spiro atoms. The predicted octanol–water partition coefficient (Wildman–Crippen LogP) is 4.95. The number of nitrogens with zero attached hydrogens (tertiary/aromatic N) is 3. The van der Waals surface area contributed by atoms with E-state index in [1.54, 1.807) is 0 Å². The second-order valence-electron chi connectivity index (χ2n) is 7.34. The van der Waals surface area contributed by atoms with Gasteiger partial charge in [0.25, 0.3) is 5.91 Å². The van der Waals surface area contributed by atoms with Gasteiger partial charge in [0.05, 0.1) is 4.88 Å². The molecular weight excluding hydrogens is 392 g/mol. The highest BCUT2D eigenvalue weighted by Crippen LogP contribution is 2.34. The van der Waals surface area contributed by atoms with Crippen LogP contribution < -0.4 is 0 Å². The van der Waals surface area contributed by atoms with Gasteiger partial charge in [-0.3, -0.25) is 4.79 Å². The maximum Gasteiger partial charge on any atom is 0.264 e. The monoisotopic (exact) mass is 410 g/mol. The van der Waals surface area contributed by atoms with Crippen molar-refractivity contribution >= 4 is 50.0 Å². The Labute approximate surface area is 171 Å². The molecule has 5 nitrogen and oxygen atoms in total. The Hall–Kier alpha value is -2.44. The molecule has 4 heterocycles. The number of nitrogens with one attached hydrogen (secondary N) is 1. The standard InChI is InChI=1S/C21H19ClN4OS/c1-10-18-11(2)23-12(3)24-20(18)28-19(10)21(27)26-7-6-17-15(9-26)14-8-13(22)4-5-16(14)25-17/h4-5,8,25H,6-7,9H2,1-3H3. The number of halogens is 1. The predicted molar refractivity (Wildman–Crippen MR) is 113 cm³/mol. The van der Waals surface area contributed by atoms with Gasteiger partial charge in [-0.1, -0.05) is 11.6 Å². The molecule has 5 rings (SSSR count). The van der Waals surface area contributed by atoms with E-state index in [1.165, 1.54) is 22.6 Å². The van der Waals surface area contributed by atoms with Gasteiger partial charge >= 0.3 is 0 Å². The smallest absolute Gasteiger partial charge is 0.264 e. The molecule has 1 aromatic carbocycles. The molecule has 1 aliphatic heterocycles. The zero-order chi connectivity index (χ0) is 19.6. The largest absolute Gasteiger partial charge is 0.358 e. The number of carbonyl (C=O) groups excluding carboxylic acids is 1. The second kappa shape index (κ2) is 6.29. The van der Waals surface area contributed by atoms with Crippen LogP contribution in [0.4, 0.5) is 0 Å². The molecule has 0 unspecified atom stereocenters. The van der Waals surface area contributed by atoms with Gasteiger partial charge in [-0.2, -0.15) is 0 Å². The summed E-state index contributed by atoms with van der Waals surface area (Å²) < 4.78 is 0. The normalized spacial score (nSPS) is 14.1. The molecular formula is C21H19ClN4OS. The van der Waals surface area contributed by atoms with E-state index in [4.69, 9.17) is 11.6 Å². The summed E-state index contributed by atoms with van der Waals surface area (Å²) in [4.78, 5) is 29.4. The Bertz CT molecular complexity index is 1270. The Balaban J connectivity index is 1.54. The van der Waals surface area contributed by atoms with E-state index in [-0.39, 0.29) is 5.91 Å². The molecule has 1 N–H and O–H groups in total. The molecule has 0 aliphatic carbocycles. The first-order valence-corrected chi connectivity index (χ1v) is 10.4. The van der Waals surface area contributed by atoms with E-state index in [0.717, 1.165) is 49.5 Å². The number of aromatic nitrogens is 3. The van der Waals surface area contributed by atoms with E-state index in [1.807, 2.05) is 43.9 Å². The summed E-state index contributed by atoms with van der Waals surface area (Å²) >= 11 is 7.67. The van der Waals surface area contributed by atoms with Crippen molar-refractivity contribution in [3.8, 4) is 0 Å². The zero-order valence-corrected chi connectivity index (χ0v) is 17.5. The van der Waals surface area contributed by atoms with E-state index < -0.39 is 0 Å². The third kappa shape index (κ3) is 2.63. The highest BCUT2D eigenvalue weighted by molar-refractivity contribution is 7.20. The van der Waals surface area contributed by atoms with E-state index in [0.29, 0.717) is 18.1 Å². The van der Waals surface area contributed by atoms with Crippen molar-refractivity contribution in [2.75, 3.05) is 6.54 Å². The highest BCUT2D eigenvalue weighted by Gasteiger charge is 2.28. The van der Waals surface area contributed by atoms with Crippen LogP contribution in [0.3, 0.4) is 0 Å². The van der Waals surface area contributed by atoms with Crippen molar-refractivity contribution in [1.29, 1.82) is 0 Å². The number of H-pyrrole nitrogens is 1. The van der Waals surface area contributed by atoms with Crippen LogP contribution in [0, 0.1) is 20.8 Å². The molecule has 1 amide bonds. The number of amides is 1. The van der Waals surface area contributed by atoms with Gasteiger partial charge in [-0.05, 0) is 44.5 Å². The van der Waals surface area contributed by atoms with Gasteiger partial charge in [-0.25, -0.2) is 9.97 Å². The Morgan fingerprint density at radius 1 is 1.25 bits per heavy atom. The number of aryl methyl sites for hydroxylation is 3. The van der Waals surface area contributed by atoms with Crippen molar-refractivity contribution in [3.63, 3.8) is 0 Å². The van der Waals surface area contributed by atoms with Crippen molar-refractivity contribution in [1.82, 2.24) is 19.9 Å². The molecule has 4 aromatic rings. The van der Waals surface area contributed by atoms with E-state index in [2.05, 4.69) is 15.0 Å². The summed E-state index contributed by atoms with van der Waals surface area (Å²) in [6.45, 7) is 7.15. The SMILES string of the molecule is Cc1nc(C)c2c(C)c(C(=O)N3CCc4[nH]c5ccc(Cl)cc5c4C3)sc2n1. The van der Waals surface area contributed by atoms with Crippen LogP contribution in [-0.4, -0.2) is 32.3 Å². The van der Waals surface area contributed by atoms with Crippen LogP contribution in [0.2, 0.25) is 5.02 Å². The summed E-state index contributed by atoms with van der Waals surface area (Å²) in [5.74, 6) is 0.808. The molecule has 0 atom stereocenters. The molecule has 0 saturated carbocycles. The Kier molecular flexibility index (Phi) is 3.96. The lowest BCUT2D eigenvalue weighted by Crippen LogP contribution is -2.35. The van der Waals surface area contributed by atoms with Crippen molar-refractivity contribution in [2.24, 2.45) is 0 Å². The van der Waals surface area contributed by atoms with E-state index in [9.17, 15) is 4.79 Å². The van der Waals surface area contributed by atoms with Gasteiger partial charge in [0.15, 0.2) is 0 Å². The van der Waals surface area contributed by atoms with E-state index >= 15 is 0 Å². The first-order valence-electron chi connectivity index (χ1n) is 9.25. The fraction of sp³-hybridized carbons (Fsp3) is 0.286. The quantitative estimate of drug-likeness (QED) is 0.483. The number of benzene rings is 1. The summed E-state index contributed by atoms with van der Waals surface area (Å²) in [7, 11) is 0. The molecule has 28 heavy (non-hydrogen) atoms. The fourth-order valence-corrected chi connectivity index (χ4v) is 5.60. The lowest BCUT2D eigenvalue weighted by molar-refractivity contribution is 0.0739. The van der Waals surface area contributed by atoms with Crippen LogP contribution in [0.15, 0.2) is 18.2 Å². The Morgan fingerprint density at radius 2 is 2.07 bits per heavy atom. The summed E-state index contributed by atoms with van der Waals surface area (Å²) in [6, 6.07) is 5.87. The molecule has 0 fully saturated rings. The van der Waals surface area contributed by atoms with Gasteiger partial charge < -0.3 is 9.88 Å². The molecule has 0 saturated heterocycles. The lowest BCUT2D eigenvalue weighted by atomic mass is 10.0. The molecule has 7 heteroatoms. The summed E-state index contributed by atoms with van der Waals surface area (Å²) in [5.41, 5.74) is 5.36. The number of aromatic amines is 1. The van der Waals surface area contributed by atoms with Gasteiger partial charge in [0, 0.05) is 57.8 Å². The highest BCUT2D eigenvalue weighted by atomic mass is 35.5. The van der Waals surface area contributed by atoms with Crippen LogP contribution in [-0.2, 0) is 13.0 Å². The topological polar surface area (TPSA) is 61.9 Å². The van der Waals surface area contributed by atoms with Crippen molar-refractivity contribution < 1.29 is 4.79 Å². The molecule has 3 aromatic heterocycles. The second-order valence-corrected chi connectivity index (χ2v) is 8.78. The minimum atomic E-state index is 0.0691. The number of hydrogen-bond donors (Lipinski definition) is 1. The van der Waals surface area contributed by atoms with Gasteiger partial charge in [0.2, 0.25) is 0 Å². The number of rotatable bonds is 1. The van der Waals surface area contributed by atoms with Crippen LogP contribution in [0.25, 0.3) is 21.1 Å². The number of hydrogen-bond acceptors (Lipinski definition) is 4. The molecule has 0 bridgehead atoms. The summed E-state index contributed by atoms with van der Waals surface area (Å²) in [6.07, 6.45) is 0.815. The maximum atomic E-state index is 13.4. The number of fused-ring (bicyclic) bond motifs is 4. The van der Waals surface area contributed by atoms with Gasteiger partial charge in [-0.15, -0.1) is 11.3 Å². The maximum absolute atomic E-state index is 13.4. The third-order valence-electron chi connectivity index (χ3n) is 5.50. The first-order chi connectivity index (χ1) is 13.4. The minimum absolute atomic E-state index is 0.0691. The number of thiophene rings is 1. The zero-order valence-electron chi connectivity index (χ0n) is 15.9. The van der Waals surface area contributed by atoms with Crippen molar-refractivity contribution in [2.45, 2.75) is 33.7 Å². The Morgan fingerprint density at radius 3 is 2.89 bits per heavy atom. The third-order valence-corrected chi connectivity index (χ3v) is 6.91. The lowest BCUT2D eigenvalue weighted by Gasteiger charge is -2.27. The fourth-order valence-electron chi connectivity index (χ4n) is 4.18. The van der Waals surface area contributed by atoms with Crippen LogP contribution in [0.1, 0.15) is 38.0 Å².